The van der Waals surface area contributed by atoms with E-state index in [4.69, 9.17) is 15.2 Å². The zero-order chi connectivity index (χ0) is 10.4. The lowest BCUT2D eigenvalue weighted by molar-refractivity contribution is -0.154. The van der Waals surface area contributed by atoms with Gasteiger partial charge in [-0.1, -0.05) is 13.3 Å². The SMILES string of the molecule is CCC[C@H](N)C(=O)OC1CCOCC1. The second-order valence-electron chi connectivity index (χ2n) is 3.64. The van der Waals surface area contributed by atoms with Crippen LogP contribution in [0.5, 0.6) is 0 Å². The van der Waals surface area contributed by atoms with Crippen LogP contribution < -0.4 is 5.73 Å². The van der Waals surface area contributed by atoms with Crippen molar-refractivity contribution in [3.8, 4) is 0 Å². The molecule has 0 saturated carbocycles. The van der Waals surface area contributed by atoms with Crippen LogP contribution in [0.1, 0.15) is 32.6 Å². The van der Waals surface area contributed by atoms with Gasteiger partial charge in [0, 0.05) is 12.8 Å². The number of hydrogen-bond donors (Lipinski definition) is 1. The van der Waals surface area contributed by atoms with Gasteiger partial charge in [-0.05, 0) is 6.42 Å². The molecule has 82 valence electrons. The van der Waals surface area contributed by atoms with Crippen molar-refractivity contribution in [3.63, 3.8) is 0 Å². The summed E-state index contributed by atoms with van der Waals surface area (Å²) in [4.78, 5) is 11.4. The van der Waals surface area contributed by atoms with Gasteiger partial charge < -0.3 is 15.2 Å². The molecular weight excluding hydrogens is 182 g/mol. The van der Waals surface area contributed by atoms with Gasteiger partial charge in [-0.2, -0.15) is 0 Å². The molecule has 0 aromatic carbocycles. The quantitative estimate of drug-likeness (QED) is 0.684. The molecule has 1 rings (SSSR count). The maximum Gasteiger partial charge on any atom is 0.323 e. The lowest BCUT2D eigenvalue weighted by Crippen LogP contribution is -2.36. The van der Waals surface area contributed by atoms with E-state index < -0.39 is 6.04 Å². The Morgan fingerprint density at radius 3 is 2.79 bits per heavy atom. The van der Waals surface area contributed by atoms with Gasteiger partial charge in [0.05, 0.1) is 13.2 Å². The van der Waals surface area contributed by atoms with Crippen molar-refractivity contribution < 1.29 is 14.3 Å². The van der Waals surface area contributed by atoms with Crippen molar-refractivity contribution in [2.45, 2.75) is 44.8 Å². The Labute approximate surface area is 84.7 Å². The van der Waals surface area contributed by atoms with Gasteiger partial charge in [0.15, 0.2) is 0 Å². The zero-order valence-electron chi connectivity index (χ0n) is 8.70. The van der Waals surface area contributed by atoms with Crippen LogP contribution in [0.25, 0.3) is 0 Å². The smallest absolute Gasteiger partial charge is 0.323 e. The Kier molecular flexibility index (Phi) is 4.90. The fourth-order valence-electron chi connectivity index (χ4n) is 1.47. The van der Waals surface area contributed by atoms with Gasteiger partial charge in [0.25, 0.3) is 0 Å². The van der Waals surface area contributed by atoms with Crippen LogP contribution in [0.3, 0.4) is 0 Å². The van der Waals surface area contributed by atoms with E-state index in [1.165, 1.54) is 0 Å². The highest BCUT2D eigenvalue weighted by Gasteiger charge is 2.21. The van der Waals surface area contributed by atoms with Crippen LogP contribution >= 0.6 is 0 Å². The molecule has 0 aliphatic carbocycles. The molecule has 0 unspecified atom stereocenters. The summed E-state index contributed by atoms with van der Waals surface area (Å²) in [5, 5.41) is 0. The summed E-state index contributed by atoms with van der Waals surface area (Å²) in [6, 6.07) is -0.456. The Hall–Kier alpha value is -0.610. The second kappa shape index (κ2) is 5.98. The largest absolute Gasteiger partial charge is 0.461 e. The van der Waals surface area contributed by atoms with Crippen LogP contribution in [-0.2, 0) is 14.3 Å². The first-order valence-corrected chi connectivity index (χ1v) is 5.28. The molecule has 0 radical (unpaired) electrons. The Bertz CT molecular complexity index is 178. The van der Waals surface area contributed by atoms with E-state index in [0.29, 0.717) is 19.6 Å². The zero-order valence-corrected chi connectivity index (χ0v) is 8.70. The predicted octanol–water partition coefficient (Wildman–Crippen LogP) is 0.836. The van der Waals surface area contributed by atoms with E-state index in [0.717, 1.165) is 19.3 Å². The summed E-state index contributed by atoms with van der Waals surface area (Å²) < 4.78 is 10.4. The average Bonchev–Trinajstić information content (AvgIpc) is 2.19. The molecule has 0 spiro atoms. The van der Waals surface area contributed by atoms with Crippen LogP contribution in [0.4, 0.5) is 0 Å². The van der Waals surface area contributed by atoms with E-state index in [2.05, 4.69) is 0 Å². The van der Waals surface area contributed by atoms with Crippen LogP contribution in [0.15, 0.2) is 0 Å². The molecule has 1 aliphatic heterocycles. The topological polar surface area (TPSA) is 61.6 Å². The maximum atomic E-state index is 11.4. The third-order valence-electron chi connectivity index (χ3n) is 2.35. The third kappa shape index (κ3) is 3.64. The molecule has 0 bridgehead atoms. The summed E-state index contributed by atoms with van der Waals surface area (Å²) in [5.74, 6) is -0.265. The highest BCUT2D eigenvalue weighted by Crippen LogP contribution is 2.11. The molecule has 0 aromatic heterocycles. The predicted molar refractivity (Wildman–Crippen MR) is 52.8 cm³/mol. The fraction of sp³-hybridized carbons (Fsp3) is 0.900. The molecule has 0 amide bonds. The third-order valence-corrected chi connectivity index (χ3v) is 2.35. The summed E-state index contributed by atoms with van der Waals surface area (Å²) >= 11 is 0. The second-order valence-corrected chi connectivity index (χ2v) is 3.64. The molecule has 0 aromatic rings. The molecule has 1 aliphatic rings. The average molecular weight is 201 g/mol. The van der Waals surface area contributed by atoms with Crippen LogP contribution in [0.2, 0.25) is 0 Å². The minimum absolute atomic E-state index is 0.0131. The van der Waals surface area contributed by atoms with Crippen molar-refractivity contribution in [3.05, 3.63) is 0 Å². The number of carbonyl (C=O) groups excluding carboxylic acids is 1. The number of nitrogens with two attached hydrogens (primary N) is 1. The molecule has 1 heterocycles. The first kappa shape index (κ1) is 11.5. The fourth-order valence-corrected chi connectivity index (χ4v) is 1.47. The maximum absolute atomic E-state index is 11.4. The van der Waals surface area contributed by atoms with Crippen molar-refractivity contribution in [1.82, 2.24) is 0 Å². The highest BCUT2D eigenvalue weighted by atomic mass is 16.6. The van der Waals surface area contributed by atoms with E-state index in [1.807, 2.05) is 6.92 Å². The molecule has 1 atom stereocenters. The van der Waals surface area contributed by atoms with E-state index in [9.17, 15) is 4.79 Å². The number of hydrogen-bond acceptors (Lipinski definition) is 4. The highest BCUT2D eigenvalue weighted by molar-refractivity contribution is 5.75. The first-order valence-electron chi connectivity index (χ1n) is 5.28. The Morgan fingerprint density at radius 1 is 1.57 bits per heavy atom. The number of carbonyl (C=O) groups is 1. The van der Waals surface area contributed by atoms with Gasteiger partial charge >= 0.3 is 5.97 Å². The molecule has 1 fully saturated rings. The molecular formula is C10H19NO3. The van der Waals surface area contributed by atoms with Crippen LogP contribution in [-0.4, -0.2) is 31.3 Å². The van der Waals surface area contributed by atoms with E-state index in [-0.39, 0.29) is 12.1 Å². The van der Waals surface area contributed by atoms with Crippen molar-refractivity contribution >= 4 is 5.97 Å². The minimum Gasteiger partial charge on any atom is -0.461 e. The lowest BCUT2D eigenvalue weighted by atomic mass is 10.1. The molecule has 2 N–H and O–H groups in total. The molecule has 4 nitrogen and oxygen atoms in total. The van der Waals surface area contributed by atoms with Gasteiger partial charge in [0.2, 0.25) is 0 Å². The summed E-state index contributed by atoms with van der Waals surface area (Å²) in [6.07, 6.45) is 3.21. The monoisotopic (exact) mass is 201 g/mol. The normalized spacial score (nSPS) is 20.4. The summed E-state index contributed by atoms with van der Waals surface area (Å²) in [5.41, 5.74) is 5.64. The van der Waals surface area contributed by atoms with Gasteiger partial charge in [-0.3, -0.25) is 4.79 Å². The summed E-state index contributed by atoms with van der Waals surface area (Å²) in [7, 11) is 0. The summed E-state index contributed by atoms with van der Waals surface area (Å²) in [6.45, 7) is 3.36. The van der Waals surface area contributed by atoms with Gasteiger partial charge in [-0.25, -0.2) is 0 Å². The standard InChI is InChI=1S/C10H19NO3/c1-2-3-9(11)10(12)14-8-4-6-13-7-5-8/h8-9H,2-7,11H2,1H3/t9-/m0/s1. The van der Waals surface area contributed by atoms with Gasteiger partial charge in [-0.15, -0.1) is 0 Å². The van der Waals surface area contributed by atoms with Crippen molar-refractivity contribution in [2.75, 3.05) is 13.2 Å². The number of ether oxygens (including phenoxy) is 2. The first-order chi connectivity index (χ1) is 6.74. The minimum atomic E-state index is -0.456. The van der Waals surface area contributed by atoms with Crippen molar-refractivity contribution in [2.24, 2.45) is 5.73 Å². The van der Waals surface area contributed by atoms with Gasteiger partial charge in [0.1, 0.15) is 12.1 Å². The van der Waals surface area contributed by atoms with E-state index >= 15 is 0 Å². The Balaban J connectivity index is 2.24. The lowest BCUT2D eigenvalue weighted by Gasteiger charge is -2.23. The molecule has 4 heteroatoms. The van der Waals surface area contributed by atoms with E-state index in [1.54, 1.807) is 0 Å². The number of rotatable bonds is 4. The van der Waals surface area contributed by atoms with Crippen LogP contribution in [0, 0.1) is 0 Å². The number of esters is 1. The molecule has 1 saturated heterocycles. The Morgan fingerprint density at radius 2 is 2.21 bits per heavy atom. The molecule has 14 heavy (non-hydrogen) atoms. The van der Waals surface area contributed by atoms with Crippen molar-refractivity contribution in [1.29, 1.82) is 0 Å².